The third-order valence-corrected chi connectivity index (χ3v) is 5.12. The van der Waals surface area contributed by atoms with Gasteiger partial charge in [-0.05, 0) is 34.1 Å². The van der Waals surface area contributed by atoms with Gasteiger partial charge in [-0.1, -0.05) is 0 Å². The zero-order valence-electron chi connectivity index (χ0n) is 16.2. The maximum Gasteiger partial charge on any atom is 0.191 e. The van der Waals surface area contributed by atoms with Gasteiger partial charge in [-0.25, -0.2) is 8.42 Å². The summed E-state index contributed by atoms with van der Waals surface area (Å²) in [7, 11) is -2.94. The van der Waals surface area contributed by atoms with E-state index in [1.165, 1.54) is 6.26 Å². The van der Waals surface area contributed by atoms with Gasteiger partial charge in [-0.3, -0.25) is 9.89 Å². The molecular weight excluding hydrogens is 455 g/mol. The average Bonchev–Trinajstić information content (AvgIpc) is 2.51. The highest BCUT2D eigenvalue weighted by Crippen LogP contribution is 2.16. The molecule has 1 aliphatic rings. The molecule has 1 atom stereocenters. The number of nitrogens with zero attached hydrogens (tertiary/aromatic N) is 2. The maximum atomic E-state index is 11.3. The largest absolute Gasteiger partial charge is 0.379 e. The van der Waals surface area contributed by atoms with Crippen LogP contribution in [0.2, 0.25) is 0 Å². The molecule has 1 saturated heterocycles. The Morgan fingerprint density at radius 3 is 2.44 bits per heavy atom. The number of sulfone groups is 1. The van der Waals surface area contributed by atoms with Crippen LogP contribution in [-0.2, 0) is 14.6 Å². The van der Waals surface area contributed by atoms with E-state index in [9.17, 15) is 8.42 Å². The fraction of sp³-hybridized carbons (Fsp3) is 0.938. The number of nitrogens with one attached hydrogen (secondary N) is 2. The van der Waals surface area contributed by atoms with E-state index in [4.69, 9.17) is 9.73 Å². The second-order valence-electron chi connectivity index (χ2n) is 7.07. The van der Waals surface area contributed by atoms with Crippen molar-refractivity contribution in [1.82, 2.24) is 15.5 Å². The van der Waals surface area contributed by atoms with Crippen LogP contribution in [0.1, 0.15) is 34.1 Å². The lowest BCUT2D eigenvalue weighted by molar-refractivity contribution is -0.00684. The van der Waals surface area contributed by atoms with Gasteiger partial charge in [-0.2, -0.15) is 0 Å². The van der Waals surface area contributed by atoms with E-state index in [-0.39, 0.29) is 41.3 Å². The van der Waals surface area contributed by atoms with Gasteiger partial charge in [0.25, 0.3) is 0 Å². The number of ether oxygens (including phenoxy) is 1. The van der Waals surface area contributed by atoms with E-state index in [0.29, 0.717) is 13.0 Å². The number of hydrogen-bond acceptors (Lipinski definition) is 5. The van der Waals surface area contributed by atoms with Crippen LogP contribution in [0.15, 0.2) is 4.99 Å². The Morgan fingerprint density at radius 2 is 1.92 bits per heavy atom. The van der Waals surface area contributed by atoms with Gasteiger partial charge < -0.3 is 15.4 Å². The summed E-state index contributed by atoms with van der Waals surface area (Å²) in [6.07, 6.45) is 1.83. The van der Waals surface area contributed by atoms with Crippen molar-refractivity contribution in [1.29, 1.82) is 0 Å². The first-order chi connectivity index (χ1) is 11.1. The molecule has 7 nitrogen and oxygen atoms in total. The van der Waals surface area contributed by atoms with Gasteiger partial charge in [0.15, 0.2) is 5.96 Å². The lowest BCUT2D eigenvalue weighted by Crippen LogP contribution is -2.52. The molecule has 0 aliphatic carbocycles. The minimum Gasteiger partial charge on any atom is -0.379 e. The third-order valence-electron chi connectivity index (χ3n) is 4.14. The van der Waals surface area contributed by atoms with Crippen LogP contribution in [-0.4, -0.2) is 82.3 Å². The summed E-state index contributed by atoms with van der Waals surface area (Å²) in [6.45, 7) is 13.2. The first-order valence-electron chi connectivity index (χ1n) is 8.69. The van der Waals surface area contributed by atoms with E-state index in [1.54, 1.807) is 0 Å². The molecule has 0 aromatic heterocycles. The van der Waals surface area contributed by atoms with Gasteiger partial charge in [0.1, 0.15) is 9.84 Å². The van der Waals surface area contributed by atoms with E-state index in [0.717, 1.165) is 38.8 Å². The molecule has 1 aliphatic heterocycles. The van der Waals surface area contributed by atoms with E-state index < -0.39 is 9.84 Å². The van der Waals surface area contributed by atoms with Crippen LogP contribution in [0.3, 0.4) is 0 Å². The molecule has 0 saturated carbocycles. The predicted octanol–water partition coefficient (Wildman–Crippen LogP) is 1.09. The average molecular weight is 490 g/mol. The molecule has 1 unspecified atom stereocenters. The minimum absolute atomic E-state index is 0. The summed E-state index contributed by atoms with van der Waals surface area (Å²) in [5.74, 6) is 0.916. The smallest absolute Gasteiger partial charge is 0.191 e. The lowest BCUT2D eigenvalue weighted by atomic mass is 10.0. The molecule has 150 valence electrons. The zero-order chi connectivity index (χ0) is 18.2. The molecule has 25 heavy (non-hydrogen) atoms. The lowest BCUT2D eigenvalue weighted by Gasteiger charge is -2.40. The highest BCUT2D eigenvalue weighted by atomic mass is 127. The van der Waals surface area contributed by atoms with Crippen LogP contribution in [0.5, 0.6) is 0 Å². The molecule has 1 rings (SSSR count). The van der Waals surface area contributed by atoms with Gasteiger partial charge in [0.05, 0.1) is 25.5 Å². The molecular formula is C16H35IN4O3S. The Bertz CT molecular complexity index is 506. The van der Waals surface area contributed by atoms with Crippen molar-refractivity contribution in [3.63, 3.8) is 0 Å². The molecule has 2 N–H and O–H groups in total. The van der Waals surface area contributed by atoms with Crippen LogP contribution in [0.4, 0.5) is 0 Å². The summed E-state index contributed by atoms with van der Waals surface area (Å²) in [5, 5.41) is 6.53. The Labute approximate surface area is 170 Å². The van der Waals surface area contributed by atoms with Crippen molar-refractivity contribution >= 4 is 39.8 Å². The van der Waals surface area contributed by atoms with Crippen molar-refractivity contribution < 1.29 is 13.2 Å². The summed E-state index contributed by atoms with van der Waals surface area (Å²) in [6, 6.07) is 0.0454. The maximum absolute atomic E-state index is 11.3. The summed E-state index contributed by atoms with van der Waals surface area (Å²) in [5.41, 5.74) is -0.0396. The first-order valence-corrected chi connectivity index (χ1v) is 10.8. The molecule has 0 radical (unpaired) electrons. The zero-order valence-corrected chi connectivity index (χ0v) is 19.3. The molecule has 1 heterocycles. The van der Waals surface area contributed by atoms with Crippen LogP contribution >= 0.6 is 24.0 Å². The van der Waals surface area contributed by atoms with Gasteiger partial charge in [0, 0.05) is 37.5 Å². The van der Waals surface area contributed by atoms with Crippen molar-refractivity contribution in [3.8, 4) is 0 Å². The number of halogens is 1. The van der Waals surface area contributed by atoms with Crippen molar-refractivity contribution in [2.24, 2.45) is 4.99 Å². The molecule has 0 amide bonds. The van der Waals surface area contributed by atoms with Gasteiger partial charge in [0.2, 0.25) is 0 Å². The second kappa shape index (κ2) is 11.6. The molecule has 0 spiro atoms. The van der Waals surface area contributed by atoms with E-state index in [1.807, 2.05) is 13.8 Å². The standard InChI is InChI=1S/C16H34N4O3S.HI/c1-6-17-15(19-14(2)7-12-24(5,21)22)18-13-16(3,4)20-8-10-23-11-9-20;/h14H,6-13H2,1-5H3,(H2,17,18,19);1H. The molecule has 0 aromatic carbocycles. The van der Waals surface area contributed by atoms with Gasteiger partial charge in [-0.15, -0.1) is 24.0 Å². The van der Waals surface area contributed by atoms with Crippen LogP contribution < -0.4 is 10.6 Å². The summed E-state index contributed by atoms with van der Waals surface area (Å²) < 4.78 is 28.0. The number of aliphatic imine (C=N–C) groups is 1. The Hall–Kier alpha value is -0.130. The van der Waals surface area contributed by atoms with Gasteiger partial charge >= 0.3 is 0 Å². The quantitative estimate of drug-likeness (QED) is 0.301. The van der Waals surface area contributed by atoms with E-state index >= 15 is 0 Å². The van der Waals surface area contributed by atoms with E-state index in [2.05, 4.69) is 29.4 Å². The Kier molecular flexibility index (Phi) is 11.5. The fourth-order valence-electron chi connectivity index (χ4n) is 2.56. The molecule has 1 fully saturated rings. The fourth-order valence-corrected chi connectivity index (χ4v) is 3.34. The normalized spacial score (nSPS) is 18.4. The molecule has 9 heteroatoms. The highest BCUT2D eigenvalue weighted by Gasteiger charge is 2.28. The van der Waals surface area contributed by atoms with Crippen molar-refractivity contribution in [3.05, 3.63) is 0 Å². The predicted molar refractivity (Wildman–Crippen MR) is 115 cm³/mol. The molecule has 0 bridgehead atoms. The number of rotatable bonds is 8. The number of guanidine groups is 1. The van der Waals surface area contributed by atoms with Crippen LogP contribution in [0.25, 0.3) is 0 Å². The summed E-state index contributed by atoms with van der Waals surface area (Å²) in [4.78, 5) is 7.11. The SMILES string of the molecule is CCNC(=NCC(C)(C)N1CCOCC1)NC(C)CCS(C)(=O)=O.I. The highest BCUT2D eigenvalue weighted by molar-refractivity contribution is 14.0. The summed E-state index contributed by atoms with van der Waals surface area (Å²) >= 11 is 0. The van der Waals surface area contributed by atoms with Crippen LogP contribution in [0, 0.1) is 0 Å². The number of morpholine rings is 1. The van der Waals surface area contributed by atoms with Crippen molar-refractivity contribution in [2.45, 2.75) is 45.7 Å². The Morgan fingerprint density at radius 1 is 1.32 bits per heavy atom. The Balaban J connectivity index is 0.00000576. The third kappa shape index (κ3) is 10.6. The minimum atomic E-state index is -2.94. The number of hydrogen-bond donors (Lipinski definition) is 2. The monoisotopic (exact) mass is 490 g/mol. The second-order valence-corrected chi connectivity index (χ2v) is 9.33. The first kappa shape index (κ1) is 24.9. The topological polar surface area (TPSA) is 83.0 Å². The van der Waals surface area contributed by atoms with Crippen molar-refractivity contribution in [2.75, 3.05) is 51.4 Å². The molecule has 0 aromatic rings.